The van der Waals surface area contributed by atoms with Gasteiger partial charge in [0.25, 0.3) is 0 Å². The van der Waals surface area contributed by atoms with Gasteiger partial charge >= 0.3 is 8.60 Å². The van der Waals surface area contributed by atoms with Gasteiger partial charge in [0.05, 0.1) is 18.8 Å². The third-order valence-corrected chi connectivity index (χ3v) is 4.90. The first-order valence-electron chi connectivity index (χ1n) is 9.27. The molecule has 0 amide bonds. The maximum atomic E-state index is 9.43. The lowest BCUT2D eigenvalue weighted by Gasteiger charge is -2.27. The van der Waals surface area contributed by atoms with Gasteiger partial charge in [0.15, 0.2) is 0 Å². The van der Waals surface area contributed by atoms with E-state index in [1.807, 2.05) is 0 Å². The summed E-state index contributed by atoms with van der Waals surface area (Å²) in [4.78, 5) is 17.6. The second-order valence-corrected chi connectivity index (χ2v) is 7.64. The van der Waals surface area contributed by atoms with E-state index in [0.29, 0.717) is 12.8 Å². The third-order valence-electron chi connectivity index (χ3n) is 4.54. The van der Waals surface area contributed by atoms with Crippen molar-refractivity contribution in [3.05, 3.63) is 35.4 Å². The molecule has 0 aliphatic rings. The summed E-state index contributed by atoms with van der Waals surface area (Å²) < 4.78 is 4.78. The standard InChI is InChI=1S/C19H34NO4P/c1-2-3-4-5-6-7-8-17-9-11-18(12-10-17)13-14-19(20,15-21)16-24-25(22)23/h9-12,21-23H,2-8,13-16,20H2,1H3. The first-order chi connectivity index (χ1) is 12.0. The minimum absolute atomic E-state index is 0.0711. The van der Waals surface area contributed by atoms with Gasteiger partial charge in [-0.15, -0.1) is 0 Å². The molecular formula is C19H34NO4P. The lowest BCUT2D eigenvalue weighted by molar-refractivity contribution is 0.117. The summed E-state index contributed by atoms with van der Waals surface area (Å²) in [6, 6.07) is 8.54. The summed E-state index contributed by atoms with van der Waals surface area (Å²) in [5.74, 6) is 0. The predicted molar refractivity (Wildman–Crippen MR) is 103 cm³/mol. The Kier molecular flexibility index (Phi) is 11.5. The van der Waals surface area contributed by atoms with E-state index in [-0.39, 0.29) is 13.2 Å². The fourth-order valence-electron chi connectivity index (χ4n) is 2.76. The smallest absolute Gasteiger partial charge is 0.327 e. The quantitative estimate of drug-likeness (QED) is 0.297. The molecule has 25 heavy (non-hydrogen) atoms. The van der Waals surface area contributed by atoms with E-state index in [9.17, 15) is 5.11 Å². The highest BCUT2D eigenvalue weighted by Gasteiger charge is 2.25. The van der Waals surface area contributed by atoms with E-state index in [0.717, 1.165) is 12.0 Å². The van der Waals surface area contributed by atoms with Gasteiger partial charge in [0.2, 0.25) is 0 Å². The van der Waals surface area contributed by atoms with Crippen molar-refractivity contribution >= 4 is 8.60 Å². The van der Waals surface area contributed by atoms with E-state index in [2.05, 4.69) is 31.2 Å². The molecule has 1 rings (SSSR count). The summed E-state index contributed by atoms with van der Waals surface area (Å²) in [6.45, 7) is 1.91. The van der Waals surface area contributed by atoms with Crippen LogP contribution in [-0.4, -0.2) is 33.6 Å². The molecule has 0 bridgehead atoms. The molecule has 1 aromatic rings. The van der Waals surface area contributed by atoms with Crippen molar-refractivity contribution in [3.63, 3.8) is 0 Å². The molecule has 6 heteroatoms. The number of rotatable bonds is 14. The molecule has 0 saturated heterocycles. The van der Waals surface area contributed by atoms with Gasteiger partial charge in [0.1, 0.15) is 0 Å². The van der Waals surface area contributed by atoms with Crippen molar-refractivity contribution in [2.45, 2.75) is 70.3 Å². The highest BCUT2D eigenvalue weighted by Crippen LogP contribution is 2.27. The van der Waals surface area contributed by atoms with Crippen LogP contribution in [0.1, 0.15) is 63.0 Å². The zero-order valence-corrected chi connectivity index (χ0v) is 16.3. The lowest BCUT2D eigenvalue weighted by Crippen LogP contribution is -2.48. The summed E-state index contributed by atoms with van der Waals surface area (Å²) in [6.07, 6.45) is 10.2. The fourth-order valence-corrected chi connectivity index (χ4v) is 3.13. The van der Waals surface area contributed by atoms with Crippen LogP contribution in [-0.2, 0) is 17.4 Å². The van der Waals surface area contributed by atoms with Gasteiger partial charge in [-0.25, -0.2) is 0 Å². The summed E-state index contributed by atoms with van der Waals surface area (Å²) in [5.41, 5.74) is 7.61. The Morgan fingerprint density at radius 2 is 1.52 bits per heavy atom. The van der Waals surface area contributed by atoms with Crippen LogP contribution in [0.5, 0.6) is 0 Å². The number of unbranched alkanes of at least 4 members (excludes halogenated alkanes) is 5. The van der Waals surface area contributed by atoms with E-state index >= 15 is 0 Å². The van der Waals surface area contributed by atoms with Crippen molar-refractivity contribution in [1.29, 1.82) is 0 Å². The van der Waals surface area contributed by atoms with Crippen LogP contribution in [0.4, 0.5) is 0 Å². The van der Waals surface area contributed by atoms with Gasteiger partial charge < -0.3 is 25.2 Å². The monoisotopic (exact) mass is 371 g/mol. The molecule has 0 aliphatic carbocycles. The largest absolute Gasteiger partial charge is 0.394 e. The number of nitrogens with two attached hydrogens (primary N) is 1. The summed E-state index contributed by atoms with van der Waals surface area (Å²) in [5, 5.41) is 9.43. The van der Waals surface area contributed by atoms with Crippen molar-refractivity contribution < 1.29 is 19.4 Å². The Morgan fingerprint density at radius 3 is 2.08 bits per heavy atom. The van der Waals surface area contributed by atoms with Gasteiger partial charge in [-0.1, -0.05) is 63.3 Å². The summed E-state index contributed by atoms with van der Waals surface area (Å²) in [7, 11) is -2.44. The Morgan fingerprint density at radius 1 is 0.960 bits per heavy atom. The van der Waals surface area contributed by atoms with Crippen LogP contribution in [0, 0.1) is 0 Å². The first-order valence-corrected chi connectivity index (χ1v) is 10.4. The minimum atomic E-state index is -2.44. The second-order valence-electron chi connectivity index (χ2n) is 6.88. The predicted octanol–water partition coefficient (Wildman–Crippen LogP) is 3.44. The van der Waals surface area contributed by atoms with E-state index in [1.165, 1.54) is 44.1 Å². The Balaban J connectivity index is 2.33. The molecular weight excluding hydrogens is 337 g/mol. The van der Waals surface area contributed by atoms with Gasteiger partial charge in [-0.2, -0.15) is 0 Å². The topological polar surface area (TPSA) is 95.9 Å². The van der Waals surface area contributed by atoms with Gasteiger partial charge in [0, 0.05) is 0 Å². The van der Waals surface area contributed by atoms with E-state index < -0.39 is 14.1 Å². The number of benzene rings is 1. The molecule has 0 heterocycles. The zero-order valence-electron chi connectivity index (χ0n) is 15.4. The van der Waals surface area contributed by atoms with E-state index in [4.69, 9.17) is 20.0 Å². The third kappa shape index (κ3) is 10.2. The number of aliphatic hydroxyl groups excluding tert-OH is 1. The molecule has 5 N–H and O–H groups in total. The van der Waals surface area contributed by atoms with Crippen LogP contribution in [0.2, 0.25) is 0 Å². The molecule has 0 saturated carbocycles. The van der Waals surface area contributed by atoms with Crippen molar-refractivity contribution in [1.82, 2.24) is 0 Å². The molecule has 1 aromatic carbocycles. The molecule has 1 unspecified atom stereocenters. The minimum Gasteiger partial charge on any atom is -0.394 e. The van der Waals surface area contributed by atoms with E-state index in [1.54, 1.807) is 0 Å². The summed E-state index contributed by atoms with van der Waals surface area (Å²) >= 11 is 0. The molecule has 0 aliphatic heterocycles. The number of hydrogen-bond donors (Lipinski definition) is 4. The van der Waals surface area contributed by atoms with Crippen LogP contribution in [0.3, 0.4) is 0 Å². The second kappa shape index (κ2) is 12.7. The lowest BCUT2D eigenvalue weighted by atomic mass is 9.93. The molecule has 0 radical (unpaired) electrons. The average Bonchev–Trinajstić information content (AvgIpc) is 2.62. The van der Waals surface area contributed by atoms with Crippen LogP contribution in [0.15, 0.2) is 24.3 Å². The molecule has 144 valence electrons. The Hall–Kier alpha value is -0.550. The van der Waals surface area contributed by atoms with Crippen molar-refractivity contribution in [2.24, 2.45) is 5.73 Å². The number of hydrogen-bond acceptors (Lipinski definition) is 5. The highest BCUT2D eigenvalue weighted by atomic mass is 31.2. The maximum absolute atomic E-state index is 9.43. The molecule has 5 nitrogen and oxygen atoms in total. The molecule has 0 fully saturated rings. The number of aliphatic hydroxyl groups is 1. The average molecular weight is 371 g/mol. The van der Waals surface area contributed by atoms with Gasteiger partial charge in [-0.3, -0.25) is 0 Å². The van der Waals surface area contributed by atoms with Crippen LogP contribution in [0.25, 0.3) is 0 Å². The SMILES string of the molecule is CCCCCCCCc1ccc(CCC(N)(CO)COP(O)O)cc1. The fraction of sp³-hybridized carbons (Fsp3) is 0.684. The van der Waals surface area contributed by atoms with Crippen molar-refractivity contribution in [3.8, 4) is 0 Å². The first kappa shape index (κ1) is 22.5. The number of aryl methyl sites for hydroxylation is 2. The highest BCUT2D eigenvalue weighted by molar-refractivity contribution is 7.39. The van der Waals surface area contributed by atoms with Crippen LogP contribution >= 0.6 is 8.60 Å². The van der Waals surface area contributed by atoms with Crippen LogP contribution < -0.4 is 5.73 Å². The Labute approximate surface area is 153 Å². The molecule has 0 spiro atoms. The normalized spacial score (nSPS) is 14.0. The molecule has 0 aromatic heterocycles. The Bertz CT molecular complexity index is 455. The van der Waals surface area contributed by atoms with Gasteiger partial charge in [-0.05, 0) is 36.8 Å². The maximum Gasteiger partial charge on any atom is 0.327 e. The molecule has 1 atom stereocenters. The van der Waals surface area contributed by atoms with Crippen molar-refractivity contribution in [2.75, 3.05) is 13.2 Å². The zero-order chi connectivity index (χ0) is 18.5.